The lowest BCUT2D eigenvalue weighted by Crippen LogP contribution is -2.45. The minimum Gasteiger partial charge on any atom is -0.385 e. The highest BCUT2D eigenvalue weighted by Crippen LogP contribution is 2.30. The van der Waals surface area contributed by atoms with E-state index in [1.807, 2.05) is 77.7 Å². The van der Waals surface area contributed by atoms with Gasteiger partial charge in [0.2, 0.25) is 5.91 Å². The van der Waals surface area contributed by atoms with Gasteiger partial charge >= 0.3 is 6.03 Å². The van der Waals surface area contributed by atoms with Crippen LogP contribution in [0.25, 0.3) is 22.2 Å². The molecule has 0 bridgehead atoms. The van der Waals surface area contributed by atoms with Gasteiger partial charge in [-0.05, 0) is 43.0 Å². The van der Waals surface area contributed by atoms with Gasteiger partial charge in [-0.3, -0.25) is 4.79 Å². The fraction of sp³-hybridized carbons (Fsp3) is 0.364. The number of anilines is 1. The molecule has 0 radical (unpaired) electrons. The fourth-order valence-electron chi connectivity index (χ4n) is 5.70. The van der Waals surface area contributed by atoms with E-state index in [9.17, 15) is 9.59 Å². The number of benzene rings is 3. The fourth-order valence-corrected chi connectivity index (χ4v) is 5.70. The van der Waals surface area contributed by atoms with Gasteiger partial charge in [-0.25, -0.2) is 9.78 Å². The van der Waals surface area contributed by atoms with Crippen molar-refractivity contribution in [1.29, 1.82) is 0 Å². The maximum absolute atomic E-state index is 13.3. The van der Waals surface area contributed by atoms with E-state index in [0.717, 1.165) is 53.8 Å². The smallest absolute Gasteiger partial charge is 0.319 e. The van der Waals surface area contributed by atoms with E-state index in [0.29, 0.717) is 25.4 Å². The Hall–Kier alpha value is -4.21. The molecule has 4 N–H and O–H groups in total. The minimum atomic E-state index is -0.494. The predicted octanol–water partition coefficient (Wildman–Crippen LogP) is 4.98. The van der Waals surface area contributed by atoms with Crippen molar-refractivity contribution >= 4 is 28.7 Å². The third-order valence-electron chi connectivity index (χ3n) is 7.78. The van der Waals surface area contributed by atoms with Gasteiger partial charge in [-0.15, -0.1) is 0 Å². The lowest BCUT2D eigenvalue weighted by Gasteiger charge is -2.33. The average Bonchev–Trinajstić information content (AvgIpc) is 3.39. The van der Waals surface area contributed by atoms with Gasteiger partial charge in [0.25, 0.3) is 0 Å². The maximum atomic E-state index is 13.3. The zero-order valence-electron chi connectivity index (χ0n) is 24.2. The van der Waals surface area contributed by atoms with Gasteiger partial charge in [-0.1, -0.05) is 60.7 Å². The summed E-state index contributed by atoms with van der Waals surface area (Å²) < 4.78 is 7.57. The quantitative estimate of drug-likeness (QED) is 0.221. The number of likely N-dealkylation sites (tertiary alicyclic amines) is 1. The van der Waals surface area contributed by atoms with Gasteiger partial charge < -0.3 is 30.6 Å². The van der Waals surface area contributed by atoms with Crippen LogP contribution in [0, 0.1) is 0 Å². The Morgan fingerprint density at radius 1 is 1.05 bits per heavy atom. The second-order valence-corrected chi connectivity index (χ2v) is 10.8. The van der Waals surface area contributed by atoms with Crippen molar-refractivity contribution in [1.82, 2.24) is 19.8 Å². The molecule has 1 aliphatic rings. The molecular weight excluding hydrogens is 528 g/mol. The SMILES string of the molecule is COCCCn1c([C@@H]2CCCN(C(=O)C[C@@H](N)CNC(=O)Nc3ccccc3-c3ccccc3)C2)nc2ccccc21. The van der Waals surface area contributed by atoms with Crippen molar-refractivity contribution in [2.24, 2.45) is 5.73 Å². The first kappa shape index (κ1) is 29.3. The Bertz CT molecular complexity index is 1490. The predicted molar refractivity (Wildman–Crippen MR) is 166 cm³/mol. The van der Waals surface area contributed by atoms with Crippen molar-refractivity contribution in [3.63, 3.8) is 0 Å². The molecule has 42 heavy (non-hydrogen) atoms. The van der Waals surface area contributed by atoms with Crippen LogP contribution in [0.1, 0.15) is 37.4 Å². The number of fused-ring (bicyclic) bond motifs is 1. The number of aromatic nitrogens is 2. The molecule has 3 amide bonds. The third-order valence-corrected chi connectivity index (χ3v) is 7.78. The van der Waals surface area contributed by atoms with Crippen molar-refractivity contribution in [3.05, 3.63) is 84.7 Å². The summed E-state index contributed by atoms with van der Waals surface area (Å²) in [6.07, 6.45) is 2.95. The molecule has 4 aromatic rings. The Kier molecular flexibility index (Phi) is 9.84. The van der Waals surface area contributed by atoms with Crippen LogP contribution in [-0.2, 0) is 16.1 Å². The lowest BCUT2D eigenvalue weighted by atomic mass is 9.96. The molecule has 5 rings (SSSR count). The molecule has 0 saturated carbocycles. The Balaban J connectivity index is 1.15. The van der Waals surface area contributed by atoms with Gasteiger partial charge in [0.05, 0.1) is 16.7 Å². The summed E-state index contributed by atoms with van der Waals surface area (Å²) in [7, 11) is 1.72. The van der Waals surface area contributed by atoms with E-state index in [4.69, 9.17) is 15.5 Å². The number of ether oxygens (including phenoxy) is 1. The zero-order chi connectivity index (χ0) is 29.3. The van der Waals surface area contributed by atoms with Crippen molar-refractivity contribution < 1.29 is 14.3 Å². The molecule has 220 valence electrons. The number of para-hydroxylation sites is 3. The molecule has 0 aliphatic carbocycles. The number of aryl methyl sites for hydroxylation is 1. The summed E-state index contributed by atoms with van der Waals surface area (Å²) in [6.45, 7) is 3.02. The summed E-state index contributed by atoms with van der Waals surface area (Å²) in [5.41, 5.74) is 11.1. The van der Waals surface area contributed by atoms with E-state index in [2.05, 4.69) is 21.3 Å². The van der Waals surface area contributed by atoms with Crippen LogP contribution in [0.15, 0.2) is 78.9 Å². The molecule has 0 unspecified atom stereocenters. The molecule has 3 aromatic carbocycles. The first-order valence-corrected chi connectivity index (χ1v) is 14.7. The number of amides is 3. The van der Waals surface area contributed by atoms with E-state index in [-0.39, 0.29) is 30.8 Å². The molecule has 2 heterocycles. The van der Waals surface area contributed by atoms with Gasteiger partial charge in [0.1, 0.15) is 5.82 Å². The average molecular weight is 569 g/mol. The number of carbonyl (C=O) groups is 2. The second-order valence-electron chi connectivity index (χ2n) is 10.8. The van der Waals surface area contributed by atoms with Crippen LogP contribution in [0.3, 0.4) is 0 Å². The van der Waals surface area contributed by atoms with E-state index in [1.54, 1.807) is 7.11 Å². The normalized spacial score (nSPS) is 15.9. The van der Waals surface area contributed by atoms with E-state index in [1.165, 1.54) is 0 Å². The highest BCUT2D eigenvalue weighted by atomic mass is 16.5. The van der Waals surface area contributed by atoms with Gasteiger partial charge in [0, 0.05) is 63.8 Å². The van der Waals surface area contributed by atoms with Crippen LogP contribution < -0.4 is 16.4 Å². The zero-order valence-corrected chi connectivity index (χ0v) is 24.2. The standard InChI is InChI=1S/C33H40N6O3/c1-42-20-10-19-39-30-17-8-7-16-29(30)36-32(39)25-13-9-18-38(23-25)31(40)21-26(34)22-35-33(41)37-28-15-6-5-14-27(28)24-11-3-2-4-12-24/h2-8,11-12,14-17,25-26H,9-10,13,18-23,34H2,1H3,(H2,35,37,41)/t25-,26-/m1/s1. The molecule has 1 saturated heterocycles. The highest BCUT2D eigenvalue weighted by Gasteiger charge is 2.29. The van der Waals surface area contributed by atoms with E-state index < -0.39 is 6.04 Å². The largest absolute Gasteiger partial charge is 0.385 e. The van der Waals surface area contributed by atoms with E-state index >= 15 is 0 Å². The van der Waals surface area contributed by atoms with Gasteiger partial charge in [-0.2, -0.15) is 0 Å². The molecule has 9 heteroatoms. The number of urea groups is 1. The Labute approximate surface area is 247 Å². The van der Waals surface area contributed by atoms with Crippen molar-refractivity contribution in [3.8, 4) is 11.1 Å². The topological polar surface area (TPSA) is 115 Å². The molecule has 1 aromatic heterocycles. The number of carbonyl (C=O) groups excluding carboxylic acids is 2. The molecule has 0 spiro atoms. The van der Waals surface area contributed by atoms with Crippen molar-refractivity contribution in [2.75, 3.05) is 38.7 Å². The van der Waals surface area contributed by atoms with Crippen LogP contribution >= 0.6 is 0 Å². The van der Waals surface area contributed by atoms with Crippen LogP contribution in [0.2, 0.25) is 0 Å². The summed E-state index contributed by atoms with van der Waals surface area (Å²) in [5.74, 6) is 1.19. The minimum absolute atomic E-state index is 0.00544. The van der Waals surface area contributed by atoms with Crippen LogP contribution in [0.5, 0.6) is 0 Å². The number of methoxy groups -OCH3 is 1. The van der Waals surface area contributed by atoms with Crippen molar-refractivity contribution in [2.45, 2.75) is 44.2 Å². The first-order valence-electron chi connectivity index (χ1n) is 14.7. The number of nitrogens with zero attached hydrogens (tertiary/aromatic N) is 3. The number of rotatable bonds is 11. The molecule has 2 atom stereocenters. The Morgan fingerprint density at radius 3 is 2.64 bits per heavy atom. The van der Waals surface area contributed by atoms with Crippen LogP contribution in [0.4, 0.5) is 10.5 Å². The molecule has 1 fully saturated rings. The number of nitrogens with one attached hydrogen (secondary N) is 2. The van der Waals surface area contributed by atoms with Gasteiger partial charge in [0.15, 0.2) is 0 Å². The maximum Gasteiger partial charge on any atom is 0.319 e. The number of hydrogen-bond acceptors (Lipinski definition) is 5. The third kappa shape index (κ3) is 7.16. The molecular formula is C33H40N6O3. The number of imidazole rings is 1. The Morgan fingerprint density at radius 2 is 1.81 bits per heavy atom. The molecule has 9 nitrogen and oxygen atoms in total. The lowest BCUT2D eigenvalue weighted by molar-refractivity contribution is -0.132. The second kappa shape index (κ2) is 14.1. The summed E-state index contributed by atoms with van der Waals surface area (Å²) in [6, 6.07) is 24.9. The summed E-state index contributed by atoms with van der Waals surface area (Å²) in [5, 5.41) is 5.75. The number of hydrogen-bond donors (Lipinski definition) is 3. The summed E-state index contributed by atoms with van der Waals surface area (Å²) >= 11 is 0. The highest BCUT2D eigenvalue weighted by molar-refractivity contribution is 5.94. The summed E-state index contributed by atoms with van der Waals surface area (Å²) in [4.78, 5) is 32.9. The molecule has 1 aliphatic heterocycles. The number of piperidine rings is 1. The van der Waals surface area contributed by atoms with Crippen LogP contribution in [-0.4, -0.2) is 65.8 Å². The monoisotopic (exact) mass is 568 g/mol. The number of nitrogens with two attached hydrogens (primary N) is 1. The first-order chi connectivity index (χ1) is 20.5.